The smallest absolute Gasteiger partial charge is 0.306 e. The van der Waals surface area contributed by atoms with Crippen LogP contribution in [0.5, 0.6) is 0 Å². The molecule has 1 saturated heterocycles. The van der Waals surface area contributed by atoms with Crippen molar-refractivity contribution in [3.8, 4) is 5.69 Å². The monoisotopic (exact) mass is 539 g/mol. The van der Waals surface area contributed by atoms with Gasteiger partial charge >= 0.3 is 5.97 Å². The molecule has 2 atom stereocenters. The molecule has 7 nitrogen and oxygen atoms in total. The van der Waals surface area contributed by atoms with E-state index in [2.05, 4.69) is 70.4 Å². The molecule has 0 spiro atoms. The van der Waals surface area contributed by atoms with Crippen LogP contribution >= 0.6 is 0 Å². The lowest BCUT2D eigenvalue weighted by molar-refractivity contribution is -0.155. The van der Waals surface area contributed by atoms with Crippen LogP contribution in [-0.2, 0) is 16.0 Å². The lowest BCUT2D eigenvalue weighted by atomic mass is 9.94. The molecule has 0 N–H and O–H groups in total. The zero-order valence-electron chi connectivity index (χ0n) is 24.4. The quantitative estimate of drug-likeness (QED) is 0.236. The van der Waals surface area contributed by atoms with E-state index in [1.54, 1.807) is 6.20 Å². The molecule has 4 aromatic rings. The first-order valence-electron chi connectivity index (χ1n) is 14.4. The fourth-order valence-electron chi connectivity index (χ4n) is 5.78. The molecule has 7 heteroatoms. The first-order valence-corrected chi connectivity index (χ1v) is 14.4. The summed E-state index contributed by atoms with van der Waals surface area (Å²) in [6.07, 6.45) is 5.38. The molecule has 0 bridgehead atoms. The Morgan fingerprint density at radius 3 is 2.73 bits per heavy atom. The summed E-state index contributed by atoms with van der Waals surface area (Å²) >= 11 is 0. The number of benzene rings is 1. The first-order chi connectivity index (χ1) is 19.1. The summed E-state index contributed by atoms with van der Waals surface area (Å²) in [7, 11) is 0. The average Bonchev–Trinajstić information content (AvgIpc) is 3.50. The van der Waals surface area contributed by atoms with Crippen LogP contribution in [0.3, 0.4) is 0 Å². The number of aromatic nitrogens is 4. The Morgan fingerprint density at radius 1 is 1.10 bits per heavy atom. The van der Waals surface area contributed by atoms with Crippen LogP contribution in [0.1, 0.15) is 68.6 Å². The highest BCUT2D eigenvalue weighted by Crippen LogP contribution is 2.29. The van der Waals surface area contributed by atoms with Crippen LogP contribution in [0.2, 0.25) is 0 Å². The Balaban J connectivity index is 1.27. The first kappa shape index (κ1) is 28.0. The molecule has 5 rings (SSSR count). The molecule has 40 heavy (non-hydrogen) atoms. The number of hydrogen-bond acceptors (Lipinski definition) is 6. The topological polar surface area (TPSA) is 73.1 Å². The molecule has 0 aliphatic carbocycles. The lowest BCUT2D eigenvalue weighted by Crippen LogP contribution is -2.30. The Hall–Kier alpha value is -3.58. The van der Waals surface area contributed by atoms with Gasteiger partial charge in [-0.2, -0.15) is 5.10 Å². The van der Waals surface area contributed by atoms with Gasteiger partial charge in [0.25, 0.3) is 0 Å². The second kappa shape index (κ2) is 11.9. The van der Waals surface area contributed by atoms with Crippen LogP contribution in [0.4, 0.5) is 0 Å². The normalized spacial score (nSPS) is 16.9. The third-order valence-corrected chi connectivity index (χ3v) is 7.61. The van der Waals surface area contributed by atoms with E-state index in [0.29, 0.717) is 12.3 Å². The summed E-state index contributed by atoms with van der Waals surface area (Å²) in [6, 6.07) is 18.8. The molecular formula is C33H41N5O2. The second-order valence-corrected chi connectivity index (χ2v) is 12.2. The molecule has 4 heterocycles. The van der Waals surface area contributed by atoms with Crippen LogP contribution in [0, 0.1) is 19.8 Å². The maximum absolute atomic E-state index is 13.0. The number of fused-ring (bicyclic) bond motifs is 1. The van der Waals surface area contributed by atoms with Gasteiger partial charge in [-0.15, -0.1) is 0 Å². The van der Waals surface area contributed by atoms with E-state index < -0.39 is 5.60 Å². The number of pyridine rings is 2. The number of esters is 1. The molecule has 3 aromatic heterocycles. The van der Waals surface area contributed by atoms with Crippen LogP contribution < -0.4 is 0 Å². The van der Waals surface area contributed by atoms with Crippen LogP contribution in [-0.4, -0.2) is 55.9 Å². The van der Waals surface area contributed by atoms with Crippen molar-refractivity contribution in [2.45, 2.75) is 71.8 Å². The number of likely N-dealkylation sites (tertiary alicyclic amines) is 1. The molecule has 210 valence electrons. The maximum Gasteiger partial charge on any atom is 0.306 e. The van der Waals surface area contributed by atoms with Crippen LogP contribution in [0.25, 0.3) is 16.7 Å². The minimum absolute atomic E-state index is 0.0405. The van der Waals surface area contributed by atoms with Crippen LogP contribution in [0.15, 0.2) is 60.8 Å². The zero-order valence-corrected chi connectivity index (χ0v) is 24.4. The third-order valence-electron chi connectivity index (χ3n) is 7.61. The number of carbonyl (C=O) groups excluding carboxylic acids is 1. The van der Waals surface area contributed by atoms with Crippen molar-refractivity contribution in [1.82, 2.24) is 24.6 Å². The number of rotatable bonds is 9. The van der Waals surface area contributed by atoms with E-state index in [1.165, 1.54) is 0 Å². The average molecular weight is 540 g/mol. The zero-order chi connectivity index (χ0) is 28.3. The van der Waals surface area contributed by atoms with Gasteiger partial charge < -0.3 is 9.64 Å². The second-order valence-electron chi connectivity index (χ2n) is 12.2. The van der Waals surface area contributed by atoms with E-state index in [9.17, 15) is 4.79 Å². The van der Waals surface area contributed by atoms with Gasteiger partial charge in [-0.3, -0.25) is 4.79 Å². The molecule has 0 radical (unpaired) electrons. The summed E-state index contributed by atoms with van der Waals surface area (Å²) in [5.41, 5.74) is 5.68. The molecule has 1 aromatic carbocycles. The molecular weight excluding hydrogens is 498 g/mol. The Kier molecular flexibility index (Phi) is 8.31. The van der Waals surface area contributed by atoms with Gasteiger partial charge in [0, 0.05) is 42.0 Å². The predicted octanol–water partition coefficient (Wildman–Crippen LogP) is 6.20. The van der Waals surface area contributed by atoms with Gasteiger partial charge in [-0.1, -0.05) is 12.1 Å². The van der Waals surface area contributed by atoms with E-state index in [4.69, 9.17) is 9.72 Å². The van der Waals surface area contributed by atoms with Crippen molar-refractivity contribution in [2.24, 2.45) is 5.92 Å². The van der Waals surface area contributed by atoms with Gasteiger partial charge in [0.2, 0.25) is 0 Å². The standard InChI is InChI=1S/C33H41N5O2/c1-23-18-24(2)38(36-23)30-10-6-8-27(19-30)28(20-31(39)40-33(3,4)5)22-37-17-15-25(21-37)11-13-29-14-12-26-9-7-16-34-32(26)35-29/h6-10,12,14,16,18-19,25,28H,11,13,15,17,20-22H2,1-5H3. The maximum atomic E-state index is 13.0. The predicted molar refractivity (Wildman–Crippen MR) is 159 cm³/mol. The number of hydrogen-bond donors (Lipinski definition) is 0. The van der Waals surface area contributed by atoms with Gasteiger partial charge in [-0.05, 0) is 114 Å². The Labute approximate surface area is 237 Å². The number of aryl methyl sites for hydroxylation is 3. The van der Waals surface area contributed by atoms with Gasteiger partial charge in [-0.25, -0.2) is 14.6 Å². The summed E-state index contributed by atoms with van der Waals surface area (Å²) < 4.78 is 7.72. The molecule has 2 unspecified atom stereocenters. The minimum atomic E-state index is -0.502. The van der Waals surface area contributed by atoms with Crippen molar-refractivity contribution in [1.29, 1.82) is 0 Å². The highest BCUT2D eigenvalue weighted by atomic mass is 16.6. The van der Waals surface area contributed by atoms with Crippen molar-refractivity contribution >= 4 is 17.0 Å². The third kappa shape index (κ3) is 7.13. The summed E-state index contributed by atoms with van der Waals surface area (Å²) in [5.74, 6) is 0.504. The van der Waals surface area contributed by atoms with Crippen molar-refractivity contribution < 1.29 is 9.53 Å². The van der Waals surface area contributed by atoms with E-state index in [-0.39, 0.29) is 11.9 Å². The SMILES string of the molecule is Cc1cc(C)n(-c2cccc(C(CC(=O)OC(C)(C)C)CN3CCC(CCc4ccc5cccnc5n4)C3)c2)n1. The van der Waals surface area contributed by atoms with Gasteiger partial charge in [0.05, 0.1) is 17.8 Å². The lowest BCUT2D eigenvalue weighted by Gasteiger charge is -2.26. The highest BCUT2D eigenvalue weighted by Gasteiger charge is 2.28. The van der Waals surface area contributed by atoms with Crippen molar-refractivity contribution in [2.75, 3.05) is 19.6 Å². The van der Waals surface area contributed by atoms with E-state index in [1.807, 2.05) is 38.4 Å². The molecule has 1 fully saturated rings. The van der Waals surface area contributed by atoms with Gasteiger partial charge in [0.1, 0.15) is 5.60 Å². The summed E-state index contributed by atoms with van der Waals surface area (Å²) in [5, 5.41) is 5.75. The Morgan fingerprint density at radius 2 is 1.95 bits per heavy atom. The van der Waals surface area contributed by atoms with Gasteiger partial charge in [0.15, 0.2) is 5.65 Å². The van der Waals surface area contributed by atoms with E-state index >= 15 is 0 Å². The largest absolute Gasteiger partial charge is 0.460 e. The Bertz CT molecular complexity index is 1470. The van der Waals surface area contributed by atoms with E-state index in [0.717, 1.165) is 78.3 Å². The molecule has 1 aliphatic rings. The molecule has 0 saturated carbocycles. The van der Waals surface area contributed by atoms with Crippen molar-refractivity contribution in [3.63, 3.8) is 0 Å². The number of nitrogens with zero attached hydrogens (tertiary/aromatic N) is 5. The summed E-state index contributed by atoms with van der Waals surface area (Å²) in [6.45, 7) is 12.8. The summed E-state index contributed by atoms with van der Waals surface area (Å²) in [4.78, 5) is 24.7. The number of ether oxygens (including phenoxy) is 1. The van der Waals surface area contributed by atoms with Crippen molar-refractivity contribution in [3.05, 3.63) is 83.4 Å². The highest BCUT2D eigenvalue weighted by molar-refractivity contribution is 5.74. The minimum Gasteiger partial charge on any atom is -0.460 e. The fraction of sp³-hybridized carbons (Fsp3) is 0.455. The molecule has 0 amide bonds. The fourth-order valence-corrected chi connectivity index (χ4v) is 5.78. The number of carbonyl (C=O) groups is 1. The molecule has 1 aliphatic heterocycles.